The summed E-state index contributed by atoms with van der Waals surface area (Å²) < 4.78 is 39.1. The van der Waals surface area contributed by atoms with Crippen molar-refractivity contribution in [2.24, 2.45) is 5.73 Å². The zero-order valence-corrected chi connectivity index (χ0v) is 9.48. The number of nitrogens with two attached hydrogens (primary N) is 1. The minimum absolute atomic E-state index is 0.00727. The lowest BCUT2D eigenvalue weighted by molar-refractivity contribution is -0.202. The molecule has 3 N–H and O–H groups in total. The largest absolute Gasteiger partial charge is 0.508 e. The maximum Gasteiger partial charge on any atom is 0.491 e. The van der Waals surface area contributed by atoms with Gasteiger partial charge in [-0.25, -0.2) is 9.59 Å². The lowest BCUT2D eigenvalue weighted by Gasteiger charge is -2.11. The predicted molar refractivity (Wildman–Crippen MR) is 56.9 cm³/mol. The number of halogens is 3. The first-order valence-electron chi connectivity index (χ1n) is 5.06. The van der Waals surface area contributed by atoms with Gasteiger partial charge in [-0.3, -0.25) is 0 Å². The van der Waals surface area contributed by atoms with E-state index in [1.807, 2.05) is 0 Å². The molecule has 0 heterocycles. The monoisotopic (exact) mass is 277 g/mol. The van der Waals surface area contributed by atoms with Crippen LogP contribution >= 0.6 is 0 Å². The summed E-state index contributed by atoms with van der Waals surface area (Å²) in [6, 6.07) is 4.13. The molecule has 1 aromatic carbocycles. The van der Waals surface area contributed by atoms with Crippen LogP contribution in [-0.4, -0.2) is 29.3 Å². The summed E-state index contributed by atoms with van der Waals surface area (Å²) in [5, 5.41) is 9.02. The predicted octanol–water partition coefficient (Wildman–Crippen LogP) is 0.894. The fraction of sp³-hybridized carbons (Fsp3) is 0.273. The van der Waals surface area contributed by atoms with Crippen LogP contribution in [0.4, 0.5) is 13.2 Å². The summed E-state index contributed by atoms with van der Waals surface area (Å²) in [6.45, 7) is 0. The van der Waals surface area contributed by atoms with Crippen LogP contribution in [0.2, 0.25) is 0 Å². The van der Waals surface area contributed by atoms with Crippen molar-refractivity contribution in [1.29, 1.82) is 0 Å². The number of carbonyl (C=O) groups is 2. The van der Waals surface area contributed by atoms with E-state index in [2.05, 4.69) is 4.74 Å². The molecule has 104 valence electrons. The third kappa shape index (κ3) is 4.59. The van der Waals surface area contributed by atoms with Crippen molar-refractivity contribution in [3.63, 3.8) is 0 Å². The van der Waals surface area contributed by atoms with Crippen molar-refractivity contribution in [2.45, 2.75) is 18.6 Å². The Morgan fingerprint density at radius 1 is 1.26 bits per heavy atom. The van der Waals surface area contributed by atoms with Crippen LogP contribution in [0.15, 0.2) is 24.3 Å². The highest BCUT2D eigenvalue weighted by molar-refractivity contribution is 5.90. The molecule has 19 heavy (non-hydrogen) atoms. The standard InChI is InChI=1S/C11H10F3NO4/c12-11(13,14)10(18)19-9(17)8(15)5-6-1-3-7(16)4-2-6/h1-4,8,16H,5,15H2/t8-/m0/s1. The van der Waals surface area contributed by atoms with E-state index >= 15 is 0 Å². The zero-order chi connectivity index (χ0) is 14.6. The van der Waals surface area contributed by atoms with Gasteiger partial charge in [-0.1, -0.05) is 12.1 Å². The van der Waals surface area contributed by atoms with Crippen molar-refractivity contribution in [3.8, 4) is 5.75 Å². The fourth-order valence-corrected chi connectivity index (χ4v) is 1.19. The van der Waals surface area contributed by atoms with Gasteiger partial charge in [0.2, 0.25) is 0 Å². The van der Waals surface area contributed by atoms with Crippen molar-refractivity contribution in [2.75, 3.05) is 0 Å². The Hall–Kier alpha value is -2.09. The smallest absolute Gasteiger partial charge is 0.491 e. The Morgan fingerprint density at radius 3 is 2.26 bits per heavy atom. The third-order valence-corrected chi connectivity index (χ3v) is 2.12. The minimum Gasteiger partial charge on any atom is -0.508 e. The lowest BCUT2D eigenvalue weighted by Crippen LogP contribution is -2.38. The molecule has 0 radical (unpaired) electrons. The van der Waals surface area contributed by atoms with Gasteiger partial charge < -0.3 is 15.6 Å². The molecule has 0 unspecified atom stereocenters. The number of hydrogen-bond acceptors (Lipinski definition) is 5. The summed E-state index contributed by atoms with van der Waals surface area (Å²) in [4.78, 5) is 21.6. The van der Waals surface area contributed by atoms with E-state index in [4.69, 9.17) is 10.8 Å². The number of rotatable bonds is 3. The Balaban J connectivity index is 2.58. The number of ether oxygens (including phenoxy) is 1. The van der Waals surface area contributed by atoms with Crippen molar-refractivity contribution in [1.82, 2.24) is 0 Å². The number of hydrogen-bond donors (Lipinski definition) is 2. The molecule has 0 saturated carbocycles. The maximum absolute atomic E-state index is 11.8. The van der Waals surface area contributed by atoms with E-state index in [1.165, 1.54) is 24.3 Å². The molecular formula is C11H10F3NO4. The normalized spacial score (nSPS) is 12.8. The minimum atomic E-state index is -5.24. The Bertz CT molecular complexity index is 470. The van der Waals surface area contributed by atoms with E-state index in [0.717, 1.165) is 0 Å². The van der Waals surface area contributed by atoms with Crippen LogP contribution in [0.25, 0.3) is 0 Å². The van der Waals surface area contributed by atoms with Crippen LogP contribution in [-0.2, 0) is 20.7 Å². The van der Waals surface area contributed by atoms with Gasteiger partial charge in [0.05, 0.1) is 0 Å². The summed E-state index contributed by atoms with van der Waals surface area (Å²) in [5.74, 6) is -4.07. The first-order chi connectivity index (χ1) is 8.70. The SMILES string of the molecule is N[C@@H](Cc1ccc(O)cc1)C(=O)OC(=O)C(F)(F)F. The Kier molecular flexibility index (Phi) is 4.49. The number of phenolic OH excluding ortho intramolecular Hbond substituents is 1. The summed E-state index contributed by atoms with van der Waals surface area (Å²) in [5.41, 5.74) is 5.82. The highest BCUT2D eigenvalue weighted by Crippen LogP contribution is 2.17. The molecule has 0 aliphatic rings. The van der Waals surface area contributed by atoms with Gasteiger partial charge in [-0.2, -0.15) is 13.2 Å². The molecule has 1 rings (SSSR count). The third-order valence-electron chi connectivity index (χ3n) is 2.12. The maximum atomic E-state index is 11.8. The average Bonchev–Trinajstić information content (AvgIpc) is 2.30. The molecule has 0 aromatic heterocycles. The number of benzene rings is 1. The number of phenols is 1. The zero-order valence-electron chi connectivity index (χ0n) is 9.48. The first kappa shape index (κ1) is 15.0. The molecular weight excluding hydrogens is 267 g/mol. The highest BCUT2D eigenvalue weighted by atomic mass is 19.4. The van der Waals surface area contributed by atoms with E-state index in [1.54, 1.807) is 0 Å². The molecule has 0 aliphatic carbocycles. The number of aromatic hydroxyl groups is 1. The topological polar surface area (TPSA) is 89.6 Å². The molecule has 1 atom stereocenters. The molecule has 0 aliphatic heterocycles. The average molecular weight is 277 g/mol. The second-order valence-corrected chi connectivity index (χ2v) is 3.68. The highest BCUT2D eigenvalue weighted by Gasteiger charge is 2.43. The molecule has 8 heteroatoms. The van der Waals surface area contributed by atoms with Crippen molar-refractivity contribution < 1.29 is 32.6 Å². The van der Waals surface area contributed by atoms with Gasteiger partial charge in [-0.05, 0) is 24.1 Å². The molecule has 0 amide bonds. The number of carbonyl (C=O) groups excluding carboxylic acids is 2. The lowest BCUT2D eigenvalue weighted by atomic mass is 10.1. The van der Waals surface area contributed by atoms with Gasteiger partial charge in [0.15, 0.2) is 0 Å². The van der Waals surface area contributed by atoms with E-state index in [9.17, 15) is 22.8 Å². The van der Waals surface area contributed by atoms with Crippen LogP contribution in [0.1, 0.15) is 5.56 Å². The van der Waals surface area contributed by atoms with Gasteiger partial charge in [0, 0.05) is 0 Å². The molecule has 0 bridgehead atoms. The van der Waals surface area contributed by atoms with E-state index in [-0.39, 0.29) is 12.2 Å². The van der Waals surface area contributed by atoms with Crippen molar-refractivity contribution >= 4 is 11.9 Å². The molecule has 0 saturated heterocycles. The van der Waals surface area contributed by atoms with Crippen molar-refractivity contribution in [3.05, 3.63) is 29.8 Å². The van der Waals surface area contributed by atoms with Crippen LogP contribution in [0.3, 0.4) is 0 Å². The summed E-state index contributed by atoms with van der Waals surface area (Å²) in [6.07, 6.45) is -5.36. The first-order valence-corrected chi connectivity index (χ1v) is 5.06. The van der Waals surface area contributed by atoms with Gasteiger partial charge >= 0.3 is 18.1 Å². The number of alkyl halides is 3. The quantitative estimate of drug-likeness (QED) is 0.632. The Morgan fingerprint density at radius 2 is 1.79 bits per heavy atom. The molecule has 0 fully saturated rings. The molecule has 0 spiro atoms. The van der Waals surface area contributed by atoms with Crippen LogP contribution in [0.5, 0.6) is 5.75 Å². The Labute approximate surface area is 105 Å². The van der Waals surface area contributed by atoms with Gasteiger partial charge in [0.25, 0.3) is 0 Å². The second kappa shape index (κ2) is 5.70. The van der Waals surface area contributed by atoms with Crippen LogP contribution in [0, 0.1) is 0 Å². The van der Waals surface area contributed by atoms with E-state index < -0.39 is 24.2 Å². The van der Waals surface area contributed by atoms with Gasteiger partial charge in [-0.15, -0.1) is 0 Å². The number of esters is 2. The summed E-state index contributed by atoms with van der Waals surface area (Å²) in [7, 11) is 0. The second-order valence-electron chi connectivity index (χ2n) is 3.68. The molecule has 1 aromatic rings. The summed E-state index contributed by atoms with van der Waals surface area (Å²) >= 11 is 0. The van der Waals surface area contributed by atoms with Gasteiger partial charge in [0.1, 0.15) is 11.8 Å². The molecule has 5 nitrogen and oxygen atoms in total. The fourth-order valence-electron chi connectivity index (χ4n) is 1.19. The van der Waals surface area contributed by atoms with E-state index in [0.29, 0.717) is 5.56 Å². The van der Waals surface area contributed by atoms with Crippen LogP contribution < -0.4 is 5.73 Å².